The van der Waals surface area contributed by atoms with E-state index in [2.05, 4.69) is 50.3 Å². The predicted molar refractivity (Wildman–Crippen MR) is 190 cm³/mol. The lowest BCUT2D eigenvalue weighted by Crippen LogP contribution is -2.18. The van der Waals surface area contributed by atoms with E-state index in [1.54, 1.807) is 0 Å². The molecule has 4 nitrogen and oxygen atoms in total. The molecule has 0 saturated heterocycles. The van der Waals surface area contributed by atoms with E-state index in [1.807, 2.05) is 0 Å². The second kappa shape index (κ2) is 35.6. The van der Waals surface area contributed by atoms with Crippen molar-refractivity contribution in [2.45, 2.75) is 206 Å². The van der Waals surface area contributed by atoms with E-state index < -0.39 is 5.97 Å². The van der Waals surface area contributed by atoms with Crippen molar-refractivity contribution in [1.82, 2.24) is 0 Å². The highest BCUT2D eigenvalue weighted by Gasteiger charge is 2.15. The molecule has 0 aliphatic heterocycles. The Morgan fingerprint density at radius 2 is 0.977 bits per heavy atom. The van der Waals surface area contributed by atoms with Crippen LogP contribution in [0.25, 0.3) is 0 Å². The molecular formula is C40H72O4. The van der Waals surface area contributed by atoms with Crippen molar-refractivity contribution in [3.05, 3.63) is 36.5 Å². The van der Waals surface area contributed by atoms with Gasteiger partial charge in [0.25, 0.3) is 0 Å². The third-order valence-electron chi connectivity index (χ3n) is 8.38. The van der Waals surface area contributed by atoms with Gasteiger partial charge >= 0.3 is 11.9 Å². The van der Waals surface area contributed by atoms with Gasteiger partial charge in [-0.3, -0.25) is 9.59 Å². The van der Waals surface area contributed by atoms with Gasteiger partial charge in [0.1, 0.15) is 6.10 Å². The molecule has 1 N–H and O–H groups in total. The van der Waals surface area contributed by atoms with Crippen molar-refractivity contribution in [3.8, 4) is 0 Å². The Bertz CT molecular complexity index is 708. The van der Waals surface area contributed by atoms with Gasteiger partial charge in [0.05, 0.1) is 0 Å². The minimum atomic E-state index is -0.771. The number of rotatable bonds is 34. The Morgan fingerprint density at radius 3 is 1.52 bits per heavy atom. The molecule has 0 aromatic rings. The minimum absolute atomic E-state index is 0.0948. The van der Waals surface area contributed by atoms with Gasteiger partial charge in [-0.15, -0.1) is 0 Å². The fourth-order valence-corrected chi connectivity index (χ4v) is 5.62. The molecule has 4 heteroatoms. The quantitative estimate of drug-likeness (QED) is 0.0444. The third-order valence-corrected chi connectivity index (χ3v) is 8.38. The zero-order chi connectivity index (χ0) is 32.2. The summed E-state index contributed by atoms with van der Waals surface area (Å²) in [6.45, 7) is 4.43. The molecule has 44 heavy (non-hydrogen) atoms. The molecule has 256 valence electrons. The normalized spacial score (nSPS) is 12.6. The Labute approximate surface area is 273 Å². The van der Waals surface area contributed by atoms with Crippen LogP contribution in [0.15, 0.2) is 36.5 Å². The molecule has 1 atom stereocenters. The lowest BCUT2D eigenvalue weighted by atomic mass is 10.0. The first-order valence-electron chi connectivity index (χ1n) is 19.0. The fraction of sp³-hybridized carbons (Fsp3) is 0.800. The van der Waals surface area contributed by atoms with Crippen molar-refractivity contribution in [2.75, 3.05) is 0 Å². The van der Waals surface area contributed by atoms with Crippen LogP contribution in [0.1, 0.15) is 200 Å². The molecule has 0 spiro atoms. The van der Waals surface area contributed by atoms with E-state index in [4.69, 9.17) is 9.84 Å². The molecule has 0 rings (SSSR count). The van der Waals surface area contributed by atoms with Gasteiger partial charge in [-0.2, -0.15) is 0 Å². The Balaban J connectivity index is 3.78. The number of carboxylic acids is 1. The minimum Gasteiger partial charge on any atom is -0.481 e. The molecule has 0 saturated carbocycles. The van der Waals surface area contributed by atoms with E-state index >= 15 is 0 Å². The highest BCUT2D eigenvalue weighted by Crippen LogP contribution is 2.18. The van der Waals surface area contributed by atoms with Crippen LogP contribution in [0.5, 0.6) is 0 Å². The van der Waals surface area contributed by atoms with E-state index in [0.717, 1.165) is 44.9 Å². The molecule has 0 heterocycles. The third kappa shape index (κ3) is 34.6. The summed E-state index contributed by atoms with van der Waals surface area (Å²) < 4.78 is 5.82. The molecule has 0 fully saturated rings. The zero-order valence-electron chi connectivity index (χ0n) is 29.2. The standard InChI is InChI=1S/C40H72O4/c1-3-5-7-9-11-13-15-16-17-18-19-20-21-22-24-26-28-30-32-37-40(43)44-38(35-33-36-39(41)42)34-31-29-27-25-23-14-12-10-8-6-4-2/h5,7,11,13,16-17,38H,3-4,6,8-10,12,14-15,18-37H2,1-2H3,(H,41,42)/b7-5-,13-11-,17-16-. The van der Waals surface area contributed by atoms with Gasteiger partial charge in [0.2, 0.25) is 0 Å². The van der Waals surface area contributed by atoms with Crippen molar-refractivity contribution in [3.63, 3.8) is 0 Å². The number of allylic oxidation sites excluding steroid dienone is 6. The van der Waals surface area contributed by atoms with Crippen molar-refractivity contribution < 1.29 is 19.4 Å². The maximum atomic E-state index is 12.5. The smallest absolute Gasteiger partial charge is 0.306 e. The number of carboxylic acid groups (broad SMARTS) is 1. The first-order chi connectivity index (χ1) is 21.6. The van der Waals surface area contributed by atoms with Crippen LogP contribution < -0.4 is 0 Å². The second-order valence-electron chi connectivity index (χ2n) is 12.7. The number of carbonyl (C=O) groups is 2. The van der Waals surface area contributed by atoms with Gasteiger partial charge in [-0.1, -0.05) is 159 Å². The van der Waals surface area contributed by atoms with Crippen LogP contribution >= 0.6 is 0 Å². The molecule has 0 aliphatic carbocycles. The monoisotopic (exact) mass is 617 g/mol. The number of ether oxygens (including phenoxy) is 1. The van der Waals surface area contributed by atoms with E-state index in [-0.39, 0.29) is 18.5 Å². The van der Waals surface area contributed by atoms with Gasteiger partial charge < -0.3 is 9.84 Å². The van der Waals surface area contributed by atoms with Crippen molar-refractivity contribution in [1.29, 1.82) is 0 Å². The first kappa shape index (κ1) is 42.2. The Morgan fingerprint density at radius 1 is 0.523 bits per heavy atom. The summed E-state index contributed by atoms with van der Waals surface area (Å²) in [5, 5.41) is 9.00. The number of unbranched alkanes of at least 4 members (excludes halogenated alkanes) is 19. The lowest BCUT2D eigenvalue weighted by molar-refractivity contribution is -0.150. The van der Waals surface area contributed by atoms with Gasteiger partial charge in [0, 0.05) is 12.8 Å². The zero-order valence-corrected chi connectivity index (χ0v) is 29.2. The molecule has 0 aromatic heterocycles. The highest BCUT2D eigenvalue weighted by atomic mass is 16.5. The summed E-state index contributed by atoms with van der Waals surface area (Å²) in [5.41, 5.74) is 0. The molecule has 0 bridgehead atoms. The van der Waals surface area contributed by atoms with Gasteiger partial charge in [-0.25, -0.2) is 0 Å². The largest absolute Gasteiger partial charge is 0.481 e. The summed E-state index contributed by atoms with van der Waals surface area (Å²) in [7, 11) is 0. The van der Waals surface area contributed by atoms with Crippen LogP contribution in [0, 0.1) is 0 Å². The lowest BCUT2D eigenvalue weighted by Gasteiger charge is -2.18. The number of hydrogen-bond donors (Lipinski definition) is 1. The van der Waals surface area contributed by atoms with Crippen LogP contribution in [-0.2, 0) is 14.3 Å². The molecule has 0 aromatic carbocycles. The average Bonchev–Trinajstić information content (AvgIpc) is 3.00. The van der Waals surface area contributed by atoms with E-state index in [0.29, 0.717) is 19.3 Å². The van der Waals surface area contributed by atoms with Crippen LogP contribution in [0.4, 0.5) is 0 Å². The van der Waals surface area contributed by atoms with Crippen LogP contribution in [0.3, 0.4) is 0 Å². The van der Waals surface area contributed by atoms with Crippen molar-refractivity contribution >= 4 is 11.9 Å². The summed E-state index contributed by atoms with van der Waals surface area (Å²) in [6, 6.07) is 0. The topological polar surface area (TPSA) is 63.6 Å². The van der Waals surface area contributed by atoms with Crippen molar-refractivity contribution in [2.24, 2.45) is 0 Å². The van der Waals surface area contributed by atoms with Gasteiger partial charge in [-0.05, 0) is 64.2 Å². The van der Waals surface area contributed by atoms with Gasteiger partial charge in [0.15, 0.2) is 0 Å². The SMILES string of the molecule is CC/C=C\C/C=C\C/C=C\CCCCCCCCCCCC(=O)OC(CCCCCCCCCCCCC)CCCC(=O)O. The maximum Gasteiger partial charge on any atom is 0.306 e. The summed E-state index contributed by atoms with van der Waals surface area (Å²) >= 11 is 0. The molecular weight excluding hydrogens is 544 g/mol. The van der Waals surface area contributed by atoms with Crippen LogP contribution in [-0.4, -0.2) is 23.1 Å². The summed E-state index contributed by atoms with van der Waals surface area (Å²) in [4.78, 5) is 23.4. The highest BCUT2D eigenvalue weighted by molar-refractivity contribution is 5.69. The Hall–Kier alpha value is -1.84. The molecule has 0 aliphatic rings. The Kier molecular flexibility index (Phi) is 34.1. The number of aliphatic carboxylic acids is 1. The number of hydrogen-bond acceptors (Lipinski definition) is 3. The number of esters is 1. The van der Waals surface area contributed by atoms with Crippen LogP contribution in [0.2, 0.25) is 0 Å². The predicted octanol–water partition coefficient (Wildman–Crippen LogP) is 13.0. The summed E-state index contributed by atoms with van der Waals surface area (Å²) in [5.74, 6) is -0.866. The average molecular weight is 617 g/mol. The summed E-state index contributed by atoms with van der Waals surface area (Å²) in [6.07, 6.45) is 45.9. The second-order valence-corrected chi connectivity index (χ2v) is 12.7. The number of carbonyl (C=O) groups excluding carboxylic acids is 1. The molecule has 0 radical (unpaired) electrons. The molecule has 1 unspecified atom stereocenters. The maximum absolute atomic E-state index is 12.5. The van der Waals surface area contributed by atoms with E-state index in [1.165, 1.54) is 116 Å². The fourth-order valence-electron chi connectivity index (χ4n) is 5.62. The molecule has 0 amide bonds. The van der Waals surface area contributed by atoms with E-state index in [9.17, 15) is 9.59 Å². The first-order valence-corrected chi connectivity index (χ1v) is 19.0.